The van der Waals surface area contributed by atoms with Crippen molar-refractivity contribution in [3.63, 3.8) is 0 Å². The van der Waals surface area contributed by atoms with Crippen LogP contribution in [0, 0.1) is 0 Å². The molecule has 2 atom stereocenters. The third-order valence-electron chi connectivity index (χ3n) is 10.6. The van der Waals surface area contributed by atoms with E-state index in [4.69, 9.17) is 15.7 Å². The average Bonchev–Trinajstić information content (AvgIpc) is 3.30. The van der Waals surface area contributed by atoms with Gasteiger partial charge < -0.3 is 11.1 Å². The Morgan fingerprint density at radius 1 is 0.386 bits per heavy atom. The second-order valence-electron chi connectivity index (χ2n) is 14.5. The molecule has 0 aliphatic carbocycles. The number of aliphatic imine (C=N–C) groups is 2. The molecule has 4 nitrogen and oxygen atoms in total. The van der Waals surface area contributed by atoms with Crippen LogP contribution in [-0.4, -0.2) is 11.7 Å². The fourth-order valence-corrected chi connectivity index (χ4v) is 7.55. The Morgan fingerprint density at radius 2 is 0.789 bits per heavy atom. The molecular formula is C53H42N4. The van der Waals surface area contributed by atoms with Gasteiger partial charge in [0.15, 0.2) is 6.17 Å². The molecule has 2 unspecified atom stereocenters. The van der Waals surface area contributed by atoms with E-state index in [0.717, 1.165) is 62.6 Å². The lowest BCUT2D eigenvalue weighted by Gasteiger charge is -2.22. The minimum absolute atomic E-state index is 0.142. The molecule has 0 bridgehead atoms. The van der Waals surface area contributed by atoms with Crippen LogP contribution >= 0.6 is 0 Å². The van der Waals surface area contributed by atoms with Crippen LogP contribution in [-0.2, 0) is 6.42 Å². The normalized spacial score (nSPS) is 14.2. The molecule has 0 saturated carbocycles. The van der Waals surface area contributed by atoms with Crippen molar-refractivity contribution >= 4 is 11.7 Å². The van der Waals surface area contributed by atoms with Crippen molar-refractivity contribution in [1.82, 2.24) is 5.32 Å². The zero-order valence-electron chi connectivity index (χ0n) is 31.5. The molecule has 1 heterocycles. The molecule has 4 heteroatoms. The summed E-state index contributed by atoms with van der Waals surface area (Å²) in [7, 11) is 0. The predicted molar refractivity (Wildman–Crippen MR) is 237 cm³/mol. The van der Waals surface area contributed by atoms with Gasteiger partial charge in [0, 0.05) is 17.2 Å². The third-order valence-corrected chi connectivity index (χ3v) is 10.6. The molecule has 0 saturated heterocycles. The van der Waals surface area contributed by atoms with Gasteiger partial charge in [-0.05, 0) is 91.9 Å². The van der Waals surface area contributed by atoms with Gasteiger partial charge in [-0.2, -0.15) is 0 Å². The van der Waals surface area contributed by atoms with Gasteiger partial charge in [0.1, 0.15) is 11.7 Å². The van der Waals surface area contributed by atoms with Crippen molar-refractivity contribution in [2.24, 2.45) is 15.7 Å². The topological polar surface area (TPSA) is 62.8 Å². The van der Waals surface area contributed by atoms with E-state index in [9.17, 15) is 0 Å². The highest BCUT2D eigenvalue weighted by Gasteiger charge is 2.21. The Kier molecular flexibility index (Phi) is 10.2. The minimum Gasteiger partial charge on any atom is -0.324 e. The van der Waals surface area contributed by atoms with E-state index in [1.807, 2.05) is 36.4 Å². The fourth-order valence-electron chi connectivity index (χ4n) is 7.55. The zero-order valence-corrected chi connectivity index (χ0v) is 31.5. The highest BCUT2D eigenvalue weighted by molar-refractivity contribution is 6.16. The third kappa shape index (κ3) is 8.13. The number of nitrogens with one attached hydrogen (secondary N) is 1. The molecule has 1 aliphatic heterocycles. The van der Waals surface area contributed by atoms with Gasteiger partial charge in [-0.15, -0.1) is 0 Å². The smallest absolute Gasteiger partial charge is 0.169 e. The van der Waals surface area contributed by atoms with E-state index in [2.05, 4.69) is 181 Å². The van der Waals surface area contributed by atoms with Crippen LogP contribution < -0.4 is 11.1 Å². The number of rotatable bonds is 10. The summed E-state index contributed by atoms with van der Waals surface area (Å²) in [5.41, 5.74) is 21.7. The molecule has 3 N–H and O–H groups in total. The van der Waals surface area contributed by atoms with Gasteiger partial charge in [-0.25, -0.2) is 9.98 Å². The van der Waals surface area contributed by atoms with Crippen molar-refractivity contribution in [2.75, 3.05) is 0 Å². The van der Waals surface area contributed by atoms with E-state index in [-0.39, 0.29) is 12.2 Å². The van der Waals surface area contributed by atoms with Crippen LogP contribution in [0.4, 0.5) is 0 Å². The summed E-state index contributed by atoms with van der Waals surface area (Å²) >= 11 is 0. The summed E-state index contributed by atoms with van der Waals surface area (Å²) in [4.78, 5) is 10.1. The maximum Gasteiger partial charge on any atom is 0.169 e. The Hall–Kier alpha value is -7.14. The molecule has 274 valence electrons. The number of benzene rings is 8. The number of amidine groups is 2. The molecule has 1 aliphatic rings. The molecular weight excluding hydrogens is 693 g/mol. The van der Waals surface area contributed by atoms with Crippen molar-refractivity contribution in [2.45, 2.75) is 18.6 Å². The zero-order chi connectivity index (χ0) is 38.4. The van der Waals surface area contributed by atoms with E-state index >= 15 is 0 Å². The molecule has 9 rings (SSSR count). The summed E-state index contributed by atoms with van der Waals surface area (Å²) in [6, 6.07) is 74.4. The fraction of sp³-hybridized carbons (Fsp3) is 0.0566. The van der Waals surface area contributed by atoms with Crippen LogP contribution in [0.25, 0.3) is 44.5 Å². The SMILES string of the molecule is NC(Cc1cccc(-c2cccc(-c3cccc(C4=NC(c5ccccc5)N=C(c5ccccc5)N4)c3)c2)c1)c1cccc(-c2cccc(-c3ccccc3)c2)c1. The predicted octanol–water partition coefficient (Wildman–Crippen LogP) is 12.1. The Labute approximate surface area is 334 Å². The lowest BCUT2D eigenvalue weighted by atomic mass is 9.93. The van der Waals surface area contributed by atoms with E-state index in [0.29, 0.717) is 0 Å². The van der Waals surface area contributed by atoms with Crippen molar-refractivity contribution in [1.29, 1.82) is 0 Å². The lowest BCUT2D eigenvalue weighted by Crippen LogP contribution is -2.36. The number of nitrogens with zero attached hydrogens (tertiary/aromatic N) is 2. The molecule has 0 amide bonds. The second kappa shape index (κ2) is 16.3. The molecule has 0 radical (unpaired) electrons. The van der Waals surface area contributed by atoms with Crippen LogP contribution in [0.5, 0.6) is 0 Å². The van der Waals surface area contributed by atoms with E-state index in [1.54, 1.807) is 0 Å². The molecule has 57 heavy (non-hydrogen) atoms. The first kappa shape index (κ1) is 35.6. The molecule has 0 aromatic heterocycles. The molecule has 8 aromatic rings. The first-order chi connectivity index (χ1) is 28.1. The van der Waals surface area contributed by atoms with Crippen molar-refractivity contribution in [3.05, 3.63) is 240 Å². The highest BCUT2D eigenvalue weighted by Crippen LogP contribution is 2.32. The van der Waals surface area contributed by atoms with Crippen LogP contribution in [0.3, 0.4) is 0 Å². The number of nitrogens with two attached hydrogens (primary N) is 1. The highest BCUT2D eigenvalue weighted by atomic mass is 15.2. The Bertz CT molecular complexity index is 2700. The van der Waals surface area contributed by atoms with Gasteiger partial charge in [0.25, 0.3) is 0 Å². The van der Waals surface area contributed by atoms with Gasteiger partial charge >= 0.3 is 0 Å². The van der Waals surface area contributed by atoms with Gasteiger partial charge in [-0.3, -0.25) is 0 Å². The van der Waals surface area contributed by atoms with Crippen LogP contribution in [0.1, 0.15) is 40.0 Å². The summed E-state index contributed by atoms with van der Waals surface area (Å²) in [5, 5.41) is 3.54. The van der Waals surface area contributed by atoms with Crippen molar-refractivity contribution < 1.29 is 0 Å². The van der Waals surface area contributed by atoms with Gasteiger partial charge in [-0.1, -0.05) is 188 Å². The average molecular weight is 735 g/mol. The van der Waals surface area contributed by atoms with Crippen LogP contribution in [0.2, 0.25) is 0 Å². The Morgan fingerprint density at radius 3 is 1.39 bits per heavy atom. The van der Waals surface area contributed by atoms with Crippen LogP contribution in [0.15, 0.2) is 222 Å². The monoisotopic (exact) mass is 734 g/mol. The lowest BCUT2D eigenvalue weighted by molar-refractivity contribution is 0.722. The summed E-state index contributed by atoms with van der Waals surface area (Å²) in [6.07, 6.45) is 0.391. The summed E-state index contributed by atoms with van der Waals surface area (Å²) in [6.45, 7) is 0. The summed E-state index contributed by atoms with van der Waals surface area (Å²) < 4.78 is 0. The number of hydrogen-bond acceptors (Lipinski definition) is 4. The van der Waals surface area contributed by atoms with E-state index < -0.39 is 0 Å². The maximum absolute atomic E-state index is 6.92. The van der Waals surface area contributed by atoms with Gasteiger partial charge in [0.2, 0.25) is 0 Å². The molecule has 0 spiro atoms. The largest absolute Gasteiger partial charge is 0.324 e. The molecule has 8 aromatic carbocycles. The molecule has 0 fully saturated rings. The minimum atomic E-state index is -0.342. The Balaban J connectivity index is 0.945. The standard InChI is InChI=1S/C53H42N4/c54-50(48-29-13-27-46(35-48)44-25-11-23-42(33-44)38-16-4-1-5-17-38)32-37-15-10-22-41(31-37)43-24-12-26-45(34-43)47-28-14-30-49(36-47)53-56-51(39-18-6-2-7-19-39)55-52(57-53)40-20-8-3-9-21-40/h1-31,33-36,50-51H,32,54H2,(H,55,56,57). The number of hydrogen-bond donors (Lipinski definition) is 2. The first-order valence-electron chi connectivity index (χ1n) is 19.5. The maximum atomic E-state index is 6.92. The van der Waals surface area contributed by atoms with Crippen molar-refractivity contribution in [3.8, 4) is 44.5 Å². The van der Waals surface area contributed by atoms with Gasteiger partial charge in [0.05, 0.1) is 0 Å². The first-order valence-corrected chi connectivity index (χ1v) is 19.5. The van der Waals surface area contributed by atoms with E-state index in [1.165, 1.54) is 27.8 Å². The quantitative estimate of drug-likeness (QED) is 0.147. The second-order valence-corrected chi connectivity index (χ2v) is 14.5. The summed E-state index contributed by atoms with van der Waals surface area (Å²) in [5.74, 6) is 1.61.